The monoisotopic (exact) mass is 348 g/mol. The van der Waals surface area contributed by atoms with Crippen molar-refractivity contribution in [2.45, 2.75) is 13.0 Å². The van der Waals surface area contributed by atoms with Crippen LogP contribution in [0, 0.1) is 0 Å². The number of alkyl carbamates (subject to hydrolysis) is 1. The third-order valence-electron chi connectivity index (χ3n) is 3.37. The third-order valence-corrected chi connectivity index (χ3v) is 4.23. The SMILES string of the molecule is COC(=O)NCCC(=O)N(Cc1cccs1)c1ccc(OC)cc1. The summed E-state index contributed by atoms with van der Waals surface area (Å²) in [5.74, 6) is 0.652. The van der Waals surface area contributed by atoms with Crippen molar-refractivity contribution in [3.63, 3.8) is 0 Å². The minimum atomic E-state index is -0.544. The molecule has 1 N–H and O–H groups in total. The Kier molecular flexibility index (Phi) is 6.62. The molecule has 0 aliphatic rings. The molecule has 2 amide bonds. The number of thiophene rings is 1. The summed E-state index contributed by atoms with van der Waals surface area (Å²) < 4.78 is 9.66. The fraction of sp³-hybridized carbons (Fsp3) is 0.294. The van der Waals surface area contributed by atoms with E-state index >= 15 is 0 Å². The van der Waals surface area contributed by atoms with Crippen LogP contribution in [-0.4, -0.2) is 32.8 Å². The van der Waals surface area contributed by atoms with Gasteiger partial charge in [-0.25, -0.2) is 4.79 Å². The van der Waals surface area contributed by atoms with E-state index in [-0.39, 0.29) is 18.9 Å². The summed E-state index contributed by atoms with van der Waals surface area (Å²) in [6.45, 7) is 0.712. The Balaban J connectivity index is 2.09. The lowest BCUT2D eigenvalue weighted by molar-refractivity contribution is -0.118. The zero-order valence-electron chi connectivity index (χ0n) is 13.7. The Labute approximate surface area is 145 Å². The Bertz CT molecular complexity index is 656. The molecule has 2 aromatic rings. The summed E-state index contributed by atoms with van der Waals surface area (Å²) in [6, 6.07) is 11.3. The molecule has 1 aromatic heterocycles. The van der Waals surface area contributed by atoms with Crippen molar-refractivity contribution in [1.29, 1.82) is 0 Å². The summed E-state index contributed by atoms with van der Waals surface area (Å²) in [7, 11) is 2.89. The number of ether oxygens (including phenoxy) is 2. The number of amides is 2. The van der Waals surface area contributed by atoms with Crippen LogP contribution in [0.2, 0.25) is 0 Å². The Hall–Kier alpha value is -2.54. The van der Waals surface area contributed by atoms with Crippen molar-refractivity contribution < 1.29 is 19.1 Å². The minimum Gasteiger partial charge on any atom is -0.497 e. The molecule has 24 heavy (non-hydrogen) atoms. The van der Waals surface area contributed by atoms with E-state index in [1.807, 2.05) is 41.8 Å². The lowest BCUT2D eigenvalue weighted by Gasteiger charge is -2.22. The van der Waals surface area contributed by atoms with Gasteiger partial charge in [0, 0.05) is 23.5 Å². The van der Waals surface area contributed by atoms with Crippen LogP contribution in [0.5, 0.6) is 5.75 Å². The molecule has 0 saturated carbocycles. The van der Waals surface area contributed by atoms with Gasteiger partial charge in [0.25, 0.3) is 0 Å². The lowest BCUT2D eigenvalue weighted by atomic mass is 10.2. The second-order valence-electron chi connectivity index (χ2n) is 4.93. The van der Waals surface area contributed by atoms with E-state index < -0.39 is 6.09 Å². The lowest BCUT2D eigenvalue weighted by Crippen LogP contribution is -2.34. The number of anilines is 1. The van der Waals surface area contributed by atoms with Gasteiger partial charge in [-0.1, -0.05) is 6.07 Å². The molecular formula is C17H20N2O4S. The molecule has 0 aliphatic heterocycles. The average Bonchev–Trinajstić information content (AvgIpc) is 3.12. The minimum absolute atomic E-state index is 0.0787. The number of carbonyl (C=O) groups is 2. The van der Waals surface area contributed by atoms with Crippen LogP contribution in [0.1, 0.15) is 11.3 Å². The molecule has 0 radical (unpaired) electrons. The van der Waals surface area contributed by atoms with Gasteiger partial charge in [0.05, 0.1) is 20.8 Å². The number of methoxy groups -OCH3 is 2. The number of carbonyl (C=O) groups excluding carboxylic acids is 2. The van der Waals surface area contributed by atoms with E-state index in [2.05, 4.69) is 10.1 Å². The van der Waals surface area contributed by atoms with E-state index in [0.29, 0.717) is 6.54 Å². The van der Waals surface area contributed by atoms with Crippen LogP contribution in [0.25, 0.3) is 0 Å². The van der Waals surface area contributed by atoms with Gasteiger partial charge in [0.15, 0.2) is 0 Å². The van der Waals surface area contributed by atoms with Gasteiger partial charge in [-0.05, 0) is 35.7 Å². The van der Waals surface area contributed by atoms with Gasteiger partial charge in [0.2, 0.25) is 5.91 Å². The zero-order chi connectivity index (χ0) is 17.4. The highest BCUT2D eigenvalue weighted by atomic mass is 32.1. The van der Waals surface area contributed by atoms with E-state index in [1.54, 1.807) is 23.3 Å². The number of nitrogens with one attached hydrogen (secondary N) is 1. The van der Waals surface area contributed by atoms with Crippen LogP contribution in [-0.2, 0) is 16.1 Å². The molecule has 1 heterocycles. The summed E-state index contributed by atoms with van der Waals surface area (Å²) in [5.41, 5.74) is 0.785. The molecule has 0 spiro atoms. The molecule has 7 heteroatoms. The topological polar surface area (TPSA) is 67.9 Å². The first kappa shape index (κ1) is 17.8. The molecule has 0 fully saturated rings. The molecule has 0 saturated heterocycles. The number of nitrogens with zero attached hydrogens (tertiary/aromatic N) is 1. The number of hydrogen-bond acceptors (Lipinski definition) is 5. The predicted molar refractivity (Wildman–Crippen MR) is 93.5 cm³/mol. The third kappa shape index (κ3) is 4.99. The number of rotatable bonds is 7. The van der Waals surface area contributed by atoms with E-state index in [1.165, 1.54) is 7.11 Å². The first-order valence-corrected chi connectivity index (χ1v) is 8.30. The first-order chi connectivity index (χ1) is 11.6. The summed E-state index contributed by atoms with van der Waals surface area (Å²) >= 11 is 1.60. The van der Waals surface area contributed by atoms with E-state index in [4.69, 9.17) is 4.74 Å². The number of hydrogen-bond donors (Lipinski definition) is 1. The van der Waals surface area contributed by atoms with Crippen molar-refractivity contribution >= 4 is 29.0 Å². The zero-order valence-corrected chi connectivity index (χ0v) is 14.5. The Morgan fingerprint density at radius 2 is 1.92 bits per heavy atom. The van der Waals surface area contributed by atoms with Gasteiger partial charge in [-0.15, -0.1) is 11.3 Å². The second-order valence-corrected chi connectivity index (χ2v) is 5.96. The maximum absolute atomic E-state index is 12.6. The highest BCUT2D eigenvalue weighted by Crippen LogP contribution is 2.23. The van der Waals surface area contributed by atoms with Gasteiger partial charge in [-0.3, -0.25) is 4.79 Å². The maximum Gasteiger partial charge on any atom is 0.406 e. The molecule has 128 valence electrons. The molecule has 0 atom stereocenters. The number of benzene rings is 1. The molecule has 0 aliphatic carbocycles. The highest BCUT2D eigenvalue weighted by Gasteiger charge is 2.17. The van der Waals surface area contributed by atoms with Crippen molar-refractivity contribution in [3.8, 4) is 5.75 Å². The Morgan fingerprint density at radius 1 is 1.17 bits per heavy atom. The van der Waals surface area contributed by atoms with E-state index in [9.17, 15) is 9.59 Å². The summed E-state index contributed by atoms with van der Waals surface area (Å²) in [5, 5.41) is 4.50. The molecule has 0 bridgehead atoms. The van der Waals surface area contributed by atoms with Gasteiger partial charge in [-0.2, -0.15) is 0 Å². The van der Waals surface area contributed by atoms with Gasteiger partial charge >= 0.3 is 6.09 Å². The summed E-state index contributed by atoms with van der Waals surface area (Å²) in [6.07, 6.45) is -0.357. The largest absolute Gasteiger partial charge is 0.497 e. The van der Waals surface area contributed by atoms with Crippen LogP contribution in [0.4, 0.5) is 10.5 Å². The summed E-state index contributed by atoms with van der Waals surface area (Å²) in [4.78, 5) is 26.5. The first-order valence-electron chi connectivity index (χ1n) is 7.42. The molecule has 0 unspecified atom stereocenters. The highest BCUT2D eigenvalue weighted by molar-refractivity contribution is 7.09. The van der Waals surface area contributed by atoms with Crippen LogP contribution in [0.15, 0.2) is 41.8 Å². The van der Waals surface area contributed by atoms with Crippen molar-refractivity contribution in [3.05, 3.63) is 46.7 Å². The van der Waals surface area contributed by atoms with Crippen molar-refractivity contribution in [2.24, 2.45) is 0 Å². The fourth-order valence-corrected chi connectivity index (χ4v) is 2.82. The fourth-order valence-electron chi connectivity index (χ4n) is 2.12. The standard InChI is InChI=1S/C17H20N2O4S/c1-22-14-7-5-13(6-8-14)19(12-15-4-3-11-24-15)16(20)9-10-18-17(21)23-2/h3-8,11H,9-10,12H2,1-2H3,(H,18,21). The van der Waals surface area contributed by atoms with Crippen LogP contribution >= 0.6 is 11.3 Å². The van der Waals surface area contributed by atoms with Gasteiger partial charge < -0.3 is 19.7 Å². The molecular weight excluding hydrogens is 328 g/mol. The quantitative estimate of drug-likeness (QED) is 0.835. The maximum atomic E-state index is 12.6. The van der Waals surface area contributed by atoms with E-state index in [0.717, 1.165) is 16.3 Å². The molecule has 6 nitrogen and oxygen atoms in total. The van der Waals surface area contributed by atoms with Crippen molar-refractivity contribution in [2.75, 3.05) is 25.7 Å². The smallest absolute Gasteiger partial charge is 0.406 e. The predicted octanol–water partition coefficient (Wildman–Crippen LogP) is 3.04. The van der Waals surface area contributed by atoms with Crippen LogP contribution < -0.4 is 15.0 Å². The Morgan fingerprint density at radius 3 is 2.50 bits per heavy atom. The molecule has 2 rings (SSSR count). The molecule has 1 aromatic carbocycles. The van der Waals surface area contributed by atoms with Gasteiger partial charge in [0.1, 0.15) is 5.75 Å². The normalized spacial score (nSPS) is 10.1. The average molecular weight is 348 g/mol. The second kappa shape index (κ2) is 8.93. The van der Waals surface area contributed by atoms with Crippen LogP contribution in [0.3, 0.4) is 0 Å². The van der Waals surface area contributed by atoms with Crippen molar-refractivity contribution in [1.82, 2.24) is 5.32 Å².